The lowest BCUT2D eigenvalue weighted by molar-refractivity contribution is -0.136. The van der Waals surface area contributed by atoms with Gasteiger partial charge in [0.05, 0.1) is 5.56 Å². The highest BCUT2D eigenvalue weighted by atomic mass is 19.4. The van der Waals surface area contributed by atoms with Crippen LogP contribution >= 0.6 is 0 Å². The summed E-state index contributed by atoms with van der Waals surface area (Å²) in [6.07, 6.45) is -2.02. The zero-order chi connectivity index (χ0) is 15.5. The lowest BCUT2D eigenvalue weighted by Gasteiger charge is -2.30. The molecule has 1 aromatic carbocycles. The van der Waals surface area contributed by atoms with Crippen molar-refractivity contribution in [3.8, 4) is 0 Å². The van der Waals surface area contributed by atoms with Gasteiger partial charge in [-0.05, 0) is 50.0 Å². The predicted molar refractivity (Wildman–Crippen MR) is 79.2 cm³/mol. The SMILES string of the molecule is CC1CCN(CCNc2ccc(N)c(C(F)(F)F)c2)CC1. The number of nitrogens with two attached hydrogens (primary N) is 1. The molecule has 0 bridgehead atoms. The van der Waals surface area contributed by atoms with E-state index in [4.69, 9.17) is 5.73 Å². The summed E-state index contributed by atoms with van der Waals surface area (Å²) < 4.78 is 38.3. The van der Waals surface area contributed by atoms with Gasteiger partial charge in [0.25, 0.3) is 0 Å². The molecule has 0 aliphatic carbocycles. The van der Waals surface area contributed by atoms with Crippen LogP contribution in [0.25, 0.3) is 0 Å². The molecule has 0 atom stereocenters. The number of likely N-dealkylation sites (tertiary alicyclic amines) is 1. The first-order valence-corrected chi connectivity index (χ1v) is 7.29. The summed E-state index contributed by atoms with van der Waals surface area (Å²) in [7, 11) is 0. The molecule has 0 amide bonds. The van der Waals surface area contributed by atoms with E-state index in [0.717, 1.165) is 31.6 Å². The number of nitrogens with zero attached hydrogens (tertiary/aromatic N) is 1. The maximum absolute atomic E-state index is 12.8. The van der Waals surface area contributed by atoms with Crippen molar-refractivity contribution in [2.24, 2.45) is 5.92 Å². The number of anilines is 2. The highest BCUT2D eigenvalue weighted by Gasteiger charge is 2.33. The fraction of sp³-hybridized carbons (Fsp3) is 0.600. The summed E-state index contributed by atoms with van der Waals surface area (Å²) in [6.45, 7) is 5.87. The second-order valence-corrected chi connectivity index (χ2v) is 5.75. The molecule has 1 aromatic rings. The molecule has 118 valence electrons. The molecular formula is C15H22F3N3. The predicted octanol–water partition coefficient (Wildman–Crippen LogP) is 3.43. The number of nitrogens with one attached hydrogen (secondary N) is 1. The van der Waals surface area contributed by atoms with Gasteiger partial charge in [-0.3, -0.25) is 0 Å². The van der Waals surface area contributed by atoms with Crippen molar-refractivity contribution < 1.29 is 13.2 Å². The fourth-order valence-corrected chi connectivity index (χ4v) is 2.56. The summed E-state index contributed by atoms with van der Waals surface area (Å²) in [5.41, 5.74) is 4.82. The summed E-state index contributed by atoms with van der Waals surface area (Å²) >= 11 is 0. The number of halogens is 3. The van der Waals surface area contributed by atoms with Crippen LogP contribution in [0.2, 0.25) is 0 Å². The fourth-order valence-electron chi connectivity index (χ4n) is 2.56. The average Bonchev–Trinajstić information content (AvgIpc) is 2.41. The van der Waals surface area contributed by atoms with E-state index in [1.807, 2.05) is 0 Å². The van der Waals surface area contributed by atoms with Crippen LogP contribution in [0.1, 0.15) is 25.3 Å². The number of nitrogen functional groups attached to an aromatic ring is 1. The van der Waals surface area contributed by atoms with Gasteiger partial charge < -0.3 is 16.0 Å². The van der Waals surface area contributed by atoms with E-state index in [2.05, 4.69) is 17.1 Å². The Labute approximate surface area is 123 Å². The largest absolute Gasteiger partial charge is 0.418 e. The summed E-state index contributed by atoms with van der Waals surface area (Å²) in [5.74, 6) is 0.778. The average molecular weight is 301 g/mol. The quantitative estimate of drug-likeness (QED) is 0.837. The molecular weight excluding hydrogens is 279 g/mol. The maximum atomic E-state index is 12.8. The van der Waals surface area contributed by atoms with Crippen LogP contribution in [0.15, 0.2) is 18.2 Å². The van der Waals surface area contributed by atoms with Crippen LogP contribution in [0.3, 0.4) is 0 Å². The van der Waals surface area contributed by atoms with E-state index in [9.17, 15) is 13.2 Å². The second-order valence-electron chi connectivity index (χ2n) is 5.75. The van der Waals surface area contributed by atoms with E-state index < -0.39 is 11.7 Å². The number of rotatable bonds is 4. The first kappa shape index (κ1) is 15.9. The Bertz CT molecular complexity index is 466. The first-order valence-electron chi connectivity index (χ1n) is 7.29. The minimum absolute atomic E-state index is 0.238. The Morgan fingerprint density at radius 2 is 1.95 bits per heavy atom. The van der Waals surface area contributed by atoms with Crippen molar-refractivity contribution in [3.05, 3.63) is 23.8 Å². The van der Waals surface area contributed by atoms with E-state index in [0.29, 0.717) is 12.2 Å². The van der Waals surface area contributed by atoms with Gasteiger partial charge in [0, 0.05) is 24.5 Å². The van der Waals surface area contributed by atoms with E-state index in [-0.39, 0.29) is 5.69 Å². The molecule has 0 spiro atoms. The molecule has 3 nitrogen and oxygen atoms in total. The van der Waals surface area contributed by atoms with E-state index >= 15 is 0 Å². The van der Waals surface area contributed by atoms with Crippen LogP contribution in [0.4, 0.5) is 24.5 Å². The number of alkyl halides is 3. The molecule has 21 heavy (non-hydrogen) atoms. The van der Waals surface area contributed by atoms with Gasteiger partial charge in [-0.2, -0.15) is 13.2 Å². The molecule has 1 saturated heterocycles. The number of hydrogen-bond acceptors (Lipinski definition) is 3. The van der Waals surface area contributed by atoms with Gasteiger partial charge in [-0.15, -0.1) is 0 Å². The molecule has 0 aromatic heterocycles. The van der Waals surface area contributed by atoms with Crippen molar-refractivity contribution in [1.82, 2.24) is 4.90 Å². The smallest absolute Gasteiger partial charge is 0.398 e. The molecule has 6 heteroatoms. The molecule has 1 aliphatic rings. The number of hydrogen-bond donors (Lipinski definition) is 2. The molecule has 1 fully saturated rings. The van der Waals surface area contributed by atoms with E-state index in [1.54, 1.807) is 6.07 Å². The summed E-state index contributed by atoms with van der Waals surface area (Å²) in [6, 6.07) is 3.96. The van der Waals surface area contributed by atoms with Crippen molar-refractivity contribution in [2.75, 3.05) is 37.2 Å². The zero-order valence-electron chi connectivity index (χ0n) is 12.2. The minimum atomic E-state index is -4.41. The molecule has 1 heterocycles. The molecule has 3 N–H and O–H groups in total. The Morgan fingerprint density at radius 1 is 1.29 bits per heavy atom. The van der Waals surface area contributed by atoms with Crippen LogP contribution in [0, 0.1) is 5.92 Å². The molecule has 0 saturated carbocycles. The summed E-state index contributed by atoms with van der Waals surface area (Å²) in [5, 5.41) is 3.05. The highest BCUT2D eigenvalue weighted by Crippen LogP contribution is 2.35. The van der Waals surface area contributed by atoms with Gasteiger partial charge >= 0.3 is 6.18 Å². The monoisotopic (exact) mass is 301 g/mol. The topological polar surface area (TPSA) is 41.3 Å². The normalized spacial score (nSPS) is 17.9. The standard InChI is InChI=1S/C15H22F3N3/c1-11-4-7-21(8-5-11)9-6-20-12-2-3-14(19)13(10-12)15(16,17)18/h2-3,10-11,20H,4-9,19H2,1H3. The van der Waals surface area contributed by atoms with Crippen molar-refractivity contribution in [3.63, 3.8) is 0 Å². The Balaban J connectivity index is 1.86. The molecule has 0 unspecified atom stereocenters. The van der Waals surface area contributed by atoms with Crippen molar-refractivity contribution in [1.29, 1.82) is 0 Å². The minimum Gasteiger partial charge on any atom is -0.398 e. The Kier molecular flexibility index (Phi) is 4.98. The van der Waals surface area contributed by atoms with Gasteiger partial charge in [0.1, 0.15) is 0 Å². The Morgan fingerprint density at radius 3 is 2.57 bits per heavy atom. The lowest BCUT2D eigenvalue weighted by Crippen LogP contribution is -2.36. The third-order valence-corrected chi connectivity index (χ3v) is 3.99. The van der Waals surface area contributed by atoms with Gasteiger partial charge in [-0.1, -0.05) is 6.92 Å². The van der Waals surface area contributed by atoms with Crippen LogP contribution in [-0.4, -0.2) is 31.1 Å². The van der Waals surface area contributed by atoms with Crippen molar-refractivity contribution >= 4 is 11.4 Å². The Hall–Kier alpha value is -1.43. The molecule has 1 aliphatic heterocycles. The summed E-state index contributed by atoms with van der Waals surface area (Å²) in [4.78, 5) is 2.34. The number of piperidine rings is 1. The van der Waals surface area contributed by atoms with Crippen LogP contribution in [0.5, 0.6) is 0 Å². The maximum Gasteiger partial charge on any atom is 0.418 e. The van der Waals surface area contributed by atoms with E-state index in [1.165, 1.54) is 18.9 Å². The van der Waals surface area contributed by atoms with Gasteiger partial charge in [0.15, 0.2) is 0 Å². The third-order valence-electron chi connectivity index (χ3n) is 3.99. The number of benzene rings is 1. The molecule has 2 rings (SSSR count). The zero-order valence-corrected chi connectivity index (χ0v) is 12.2. The third kappa shape index (κ3) is 4.52. The van der Waals surface area contributed by atoms with Gasteiger partial charge in [-0.25, -0.2) is 0 Å². The second kappa shape index (κ2) is 6.56. The van der Waals surface area contributed by atoms with Crippen LogP contribution in [-0.2, 0) is 6.18 Å². The van der Waals surface area contributed by atoms with Crippen LogP contribution < -0.4 is 11.1 Å². The van der Waals surface area contributed by atoms with Crippen molar-refractivity contribution in [2.45, 2.75) is 25.9 Å². The molecule has 0 radical (unpaired) electrons. The first-order chi connectivity index (χ1) is 9.86. The lowest BCUT2D eigenvalue weighted by atomic mass is 9.99. The highest BCUT2D eigenvalue weighted by molar-refractivity contribution is 5.58. The van der Waals surface area contributed by atoms with Gasteiger partial charge in [0.2, 0.25) is 0 Å².